The van der Waals surface area contributed by atoms with Gasteiger partial charge >= 0.3 is 0 Å². The van der Waals surface area contributed by atoms with Crippen molar-refractivity contribution in [3.63, 3.8) is 0 Å². The van der Waals surface area contributed by atoms with Gasteiger partial charge in [0.15, 0.2) is 0 Å². The van der Waals surface area contributed by atoms with E-state index >= 15 is 0 Å². The van der Waals surface area contributed by atoms with E-state index in [1.54, 1.807) is 0 Å². The van der Waals surface area contributed by atoms with E-state index < -0.39 is 0 Å². The zero-order valence-corrected chi connectivity index (χ0v) is 9.98. The molecule has 4 heteroatoms. The number of nitrogens with two attached hydrogens (primary N) is 1. The summed E-state index contributed by atoms with van der Waals surface area (Å²) in [6.07, 6.45) is 1.46. The first-order valence-electron chi connectivity index (χ1n) is 5.93. The Labute approximate surface area is 101 Å². The molecule has 1 aromatic rings. The van der Waals surface area contributed by atoms with E-state index in [0.29, 0.717) is 13.0 Å². The summed E-state index contributed by atoms with van der Waals surface area (Å²) < 4.78 is 5.66. The highest BCUT2D eigenvalue weighted by atomic mass is 16.5. The minimum Gasteiger partial charge on any atom is -0.491 e. The number of carbonyl (C=O) groups is 1. The van der Waals surface area contributed by atoms with E-state index in [2.05, 4.69) is 5.32 Å². The molecule has 0 spiro atoms. The number of nitrogens with one attached hydrogen (secondary N) is 1. The van der Waals surface area contributed by atoms with E-state index in [1.807, 2.05) is 31.2 Å². The highest BCUT2D eigenvalue weighted by Gasteiger charge is 2.20. The average Bonchev–Trinajstić information content (AvgIpc) is 2.73. The van der Waals surface area contributed by atoms with Crippen molar-refractivity contribution in [1.29, 1.82) is 0 Å². The molecule has 1 aliphatic rings. The van der Waals surface area contributed by atoms with Crippen LogP contribution >= 0.6 is 0 Å². The lowest BCUT2D eigenvalue weighted by atomic mass is 10.1. The molecule has 92 valence electrons. The molecule has 0 aromatic heterocycles. The minimum atomic E-state index is 0.00438. The standard InChI is InChI=1S/C13H18N2O2/c1-9(14)10-3-2-4-12(7-10)17-8-11-5-6-13(16)15-11/h2-4,7,9,11H,5-6,8,14H2,1H3,(H,15,16). The third-order valence-corrected chi connectivity index (χ3v) is 2.92. The van der Waals surface area contributed by atoms with Gasteiger partial charge in [-0.2, -0.15) is 0 Å². The van der Waals surface area contributed by atoms with Crippen LogP contribution in [0.2, 0.25) is 0 Å². The molecule has 1 amide bonds. The quantitative estimate of drug-likeness (QED) is 0.826. The zero-order chi connectivity index (χ0) is 12.3. The Hall–Kier alpha value is -1.55. The molecule has 1 heterocycles. The lowest BCUT2D eigenvalue weighted by Crippen LogP contribution is -2.30. The van der Waals surface area contributed by atoms with Gasteiger partial charge in [0.05, 0.1) is 6.04 Å². The van der Waals surface area contributed by atoms with E-state index in [1.165, 1.54) is 0 Å². The van der Waals surface area contributed by atoms with Crippen LogP contribution in [0.3, 0.4) is 0 Å². The van der Waals surface area contributed by atoms with Gasteiger partial charge in [0.2, 0.25) is 5.91 Å². The Morgan fingerprint density at radius 1 is 1.59 bits per heavy atom. The van der Waals surface area contributed by atoms with Crippen LogP contribution in [0.5, 0.6) is 5.75 Å². The maximum Gasteiger partial charge on any atom is 0.220 e. The van der Waals surface area contributed by atoms with E-state index in [-0.39, 0.29) is 18.0 Å². The largest absolute Gasteiger partial charge is 0.491 e. The molecule has 1 saturated heterocycles. The summed E-state index contributed by atoms with van der Waals surface area (Å²) in [6.45, 7) is 2.46. The first-order chi connectivity index (χ1) is 8.15. The molecule has 4 nitrogen and oxygen atoms in total. The molecule has 0 saturated carbocycles. The molecule has 1 aromatic carbocycles. The molecular weight excluding hydrogens is 216 g/mol. The van der Waals surface area contributed by atoms with Crippen LogP contribution in [0.25, 0.3) is 0 Å². The number of hydrogen-bond acceptors (Lipinski definition) is 3. The molecule has 0 aliphatic carbocycles. The average molecular weight is 234 g/mol. The van der Waals surface area contributed by atoms with E-state index in [9.17, 15) is 4.79 Å². The summed E-state index contributed by atoms with van der Waals surface area (Å²) in [5, 5.41) is 2.87. The molecule has 1 aliphatic heterocycles. The lowest BCUT2D eigenvalue weighted by Gasteiger charge is -2.13. The third-order valence-electron chi connectivity index (χ3n) is 2.92. The predicted octanol–water partition coefficient (Wildman–Crippen LogP) is 1.36. The number of amides is 1. The predicted molar refractivity (Wildman–Crippen MR) is 65.7 cm³/mol. The summed E-state index contributed by atoms with van der Waals surface area (Å²) in [5.41, 5.74) is 6.86. The number of hydrogen-bond donors (Lipinski definition) is 2. The van der Waals surface area contributed by atoms with Crippen LogP contribution in [-0.4, -0.2) is 18.6 Å². The van der Waals surface area contributed by atoms with Crippen LogP contribution in [-0.2, 0) is 4.79 Å². The fraction of sp³-hybridized carbons (Fsp3) is 0.462. The highest BCUT2D eigenvalue weighted by Crippen LogP contribution is 2.18. The molecule has 0 radical (unpaired) electrons. The number of benzene rings is 1. The Balaban J connectivity index is 1.90. The topological polar surface area (TPSA) is 64.3 Å². The van der Waals surface area contributed by atoms with Gasteiger partial charge < -0.3 is 15.8 Å². The van der Waals surface area contributed by atoms with Gasteiger partial charge in [-0.15, -0.1) is 0 Å². The molecule has 2 atom stereocenters. The van der Waals surface area contributed by atoms with Crippen LogP contribution < -0.4 is 15.8 Å². The normalized spacial score (nSPS) is 21.1. The van der Waals surface area contributed by atoms with Crippen LogP contribution in [0.15, 0.2) is 24.3 Å². The lowest BCUT2D eigenvalue weighted by molar-refractivity contribution is -0.119. The summed E-state index contributed by atoms with van der Waals surface area (Å²) in [5.74, 6) is 0.920. The number of rotatable bonds is 4. The van der Waals surface area contributed by atoms with Crippen molar-refractivity contribution >= 4 is 5.91 Å². The van der Waals surface area contributed by atoms with E-state index in [4.69, 9.17) is 10.5 Å². The fourth-order valence-electron chi connectivity index (χ4n) is 1.89. The van der Waals surface area contributed by atoms with Gasteiger partial charge in [0.25, 0.3) is 0 Å². The Kier molecular flexibility index (Phi) is 3.64. The van der Waals surface area contributed by atoms with Gasteiger partial charge in [0, 0.05) is 12.5 Å². The first kappa shape index (κ1) is 11.9. The van der Waals surface area contributed by atoms with Gasteiger partial charge in [-0.3, -0.25) is 4.79 Å². The summed E-state index contributed by atoms with van der Waals surface area (Å²) in [4.78, 5) is 11.0. The van der Waals surface area contributed by atoms with Gasteiger partial charge in [0.1, 0.15) is 12.4 Å². The molecule has 1 fully saturated rings. The molecule has 3 N–H and O–H groups in total. The van der Waals surface area contributed by atoms with Crippen LogP contribution in [0, 0.1) is 0 Å². The third kappa shape index (κ3) is 3.20. The van der Waals surface area contributed by atoms with Crippen LogP contribution in [0.1, 0.15) is 31.4 Å². The monoisotopic (exact) mass is 234 g/mol. The molecule has 2 rings (SSSR count). The van der Waals surface area contributed by atoms with Gasteiger partial charge in [-0.1, -0.05) is 12.1 Å². The van der Waals surface area contributed by atoms with Crippen molar-refractivity contribution in [2.75, 3.05) is 6.61 Å². The summed E-state index contributed by atoms with van der Waals surface area (Å²) in [7, 11) is 0. The van der Waals surface area contributed by atoms with Crippen molar-refractivity contribution in [3.05, 3.63) is 29.8 Å². The zero-order valence-electron chi connectivity index (χ0n) is 9.98. The first-order valence-corrected chi connectivity index (χ1v) is 5.93. The van der Waals surface area contributed by atoms with Crippen molar-refractivity contribution in [2.45, 2.75) is 31.8 Å². The SMILES string of the molecule is CC(N)c1cccc(OCC2CCC(=O)N2)c1. The highest BCUT2D eigenvalue weighted by molar-refractivity contribution is 5.78. The van der Waals surface area contributed by atoms with Crippen molar-refractivity contribution in [1.82, 2.24) is 5.32 Å². The minimum absolute atomic E-state index is 0.00438. The molecular formula is C13H18N2O2. The van der Waals surface area contributed by atoms with Crippen molar-refractivity contribution in [3.8, 4) is 5.75 Å². The Morgan fingerprint density at radius 3 is 3.06 bits per heavy atom. The van der Waals surface area contributed by atoms with Crippen molar-refractivity contribution in [2.24, 2.45) is 5.73 Å². The smallest absolute Gasteiger partial charge is 0.220 e. The second kappa shape index (κ2) is 5.19. The van der Waals surface area contributed by atoms with E-state index in [0.717, 1.165) is 17.7 Å². The maximum atomic E-state index is 11.0. The Morgan fingerprint density at radius 2 is 2.41 bits per heavy atom. The van der Waals surface area contributed by atoms with Crippen LogP contribution in [0.4, 0.5) is 0 Å². The van der Waals surface area contributed by atoms with Gasteiger partial charge in [-0.25, -0.2) is 0 Å². The number of ether oxygens (including phenoxy) is 1. The summed E-state index contributed by atoms with van der Waals surface area (Å²) >= 11 is 0. The second-order valence-corrected chi connectivity index (χ2v) is 4.48. The summed E-state index contributed by atoms with van der Waals surface area (Å²) in [6, 6.07) is 7.91. The molecule has 0 bridgehead atoms. The van der Waals surface area contributed by atoms with Crippen molar-refractivity contribution < 1.29 is 9.53 Å². The second-order valence-electron chi connectivity index (χ2n) is 4.48. The molecule has 2 unspecified atom stereocenters. The number of carbonyl (C=O) groups excluding carboxylic acids is 1. The maximum absolute atomic E-state index is 11.0. The van der Waals surface area contributed by atoms with Gasteiger partial charge in [-0.05, 0) is 31.0 Å². The molecule has 17 heavy (non-hydrogen) atoms. The fourth-order valence-corrected chi connectivity index (χ4v) is 1.89. The Bertz CT molecular complexity index is 404.